The van der Waals surface area contributed by atoms with Crippen molar-refractivity contribution in [3.05, 3.63) is 18.2 Å². The van der Waals surface area contributed by atoms with Crippen LogP contribution in [0.3, 0.4) is 0 Å². The highest BCUT2D eigenvalue weighted by molar-refractivity contribution is 7.89. The van der Waals surface area contributed by atoms with Crippen LogP contribution >= 0.6 is 12.4 Å². The summed E-state index contributed by atoms with van der Waals surface area (Å²) >= 11 is 0. The van der Waals surface area contributed by atoms with Crippen LogP contribution < -0.4 is 20.1 Å². The van der Waals surface area contributed by atoms with Gasteiger partial charge >= 0.3 is 0 Å². The van der Waals surface area contributed by atoms with Gasteiger partial charge < -0.3 is 15.4 Å². The molecule has 9 heteroatoms. The van der Waals surface area contributed by atoms with Gasteiger partial charge in [-0.3, -0.25) is 4.79 Å². The van der Waals surface area contributed by atoms with E-state index < -0.39 is 10.0 Å². The largest absolute Gasteiger partial charge is 0.495 e. The average molecular weight is 390 g/mol. The number of sulfonamides is 1. The Hall–Kier alpha value is -1.35. The molecule has 1 amide bonds. The first-order valence-corrected chi connectivity index (χ1v) is 9.70. The standard InChI is InChI=1S/C16H23N3O4S.ClH/c1-23-14-7-6-13(18-16(20)10-12-3-2-8-17-12)9-15(14)24(21,22)19-11-4-5-11;/h6-7,9,11-12,17,19H,2-5,8,10H2,1H3,(H,18,20);1H. The third-order valence-electron chi connectivity index (χ3n) is 4.23. The minimum absolute atomic E-state index is 0. The molecule has 0 spiro atoms. The summed E-state index contributed by atoms with van der Waals surface area (Å²) in [4.78, 5) is 12.2. The molecule has 0 aromatic heterocycles. The highest BCUT2D eigenvalue weighted by atomic mass is 35.5. The summed E-state index contributed by atoms with van der Waals surface area (Å²) < 4.78 is 32.7. The van der Waals surface area contributed by atoms with Crippen LogP contribution in [-0.4, -0.2) is 40.1 Å². The van der Waals surface area contributed by atoms with Gasteiger partial charge in [-0.15, -0.1) is 12.4 Å². The molecule has 1 aliphatic carbocycles. The van der Waals surface area contributed by atoms with Gasteiger partial charge in [0.15, 0.2) is 0 Å². The Labute approximate surface area is 154 Å². The Morgan fingerprint density at radius 3 is 2.68 bits per heavy atom. The Bertz CT molecular complexity index is 716. The van der Waals surface area contributed by atoms with Crippen molar-refractivity contribution in [1.29, 1.82) is 0 Å². The normalized spacial score (nSPS) is 20.0. The SMILES string of the molecule is COc1ccc(NC(=O)CC2CCCN2)cc1S(=O)(=O)NC1CC1.Cl. The number of methoxy groups -OCH3 is 1. The number of benzene rings is 1. The number of carbonyl (C=O) groups excluding carboxylic acids is 1. The summed E-state index contributed by atoms with van der Waals surface area (Å²) in [5, 5.41) is 6.04. The average Bonchev–Trinajstić information content (AvgIpc) is 3.19. The highest BCUT2D eigenvalue weighted by Crippen LogP contribution is 2.29. The summed E-state index contributed by atoms with van der Waals surface area (Å²) in [5.41, 5.74) is 0.454. The first-order chi connectivity index (χ1) is 11.5. The van der Waals surface area contributed by atoms with Crippen molar-refractivity contribution in [2.24, 2.45) is 0 Å². The molecular weight excluding hydrogens is 366 g/mol. The van der Waals surface area contributed by atoms with Crippen molar-refractivity contribution in [3.8, 4) is 5.75 Å². The van der Waals surface area contributed by atoms with E-state index in [0.717, 1.165) is 32.2 Å². The molecule has 2 aliphatic rings. The van der Waals surface area contributed by atoms with Gasteiger partial charge in [0.25, 0.3) is 0 Å². The van der Waals surface area contributed by atoms with E-state index >= 15 is 0 Å². The van der Waals surface area contributed by atoms with Gasteiger partial charge in [0.1, 0.15) is 10.6 Å². The van der Waals surface area contributed by atoms with Gasteiger partial charge in [-0.2, -0.15) is 0 Å². The molecular formula is C16H24ClN3O4S. The fraction of sp³-hybridized carbons (Fsp3) is 0.562. The number of nitrogens with one attached hydrogen (secondary N) is 3. The van der Waals surface area contributed by atoms with E-state index in [0.29, 0.717) is 12.1 Å². The summed E-state index contributed by atoms with van der Waals surface area (Å²) in [6, 6.07) is 4.86. The Kier molecular flexibility index (Phi) is 6.67. The number of anilines is 1. The van der Waals surface area contributed by atoms with E-state index in [-0.39, 0.29) is 41.0 Å². The Balaban J connectivity index is 0.00000225. The Morgan fingerprint density at radius 1 is 1.32 bits per heavy atom. The predicted octanol–water partition coefficient (Wildman–Crippen LogP) is 1.64. The fourth-order valence-corrected chi connectivity index (χ4v) is 4.32. The van der Waals surface area contributed by atoms with E-state index in [9.17, 15) is 13.2 Å². The van der Waals surface area contributed by atoms with Crippen molar-refractivity contribution in [3.63, 3.8) is 0 Å². The molecule has 1 saturated heterocycles. The van der Waals surface area contributed by atoms with Crippen LogP contribution in [0.25, 0.3) is 0 Å². The zero-order chi connectivity index (χ0) is 17.2. The van der Waals surface area contributed by atoms with E-state index in [2.05, 4.69) is 15.4 Å². The minimum Gasteiger partial charge on any atom is -0.495 e. The molecule has 25 heavy (non-hydrogen) atoms. The molecule has 1 unspecified atom stereocenters. The molecule has 140 valence electrons. The van der Waals surface area contributed by atoms with Gasteiger partial charge in [-0.05, 0) is 50.4 Å². The van der Waals surface area contributed by atoms with Gasteiger partial charge in [-0.25, -0.2) is 13.1 Å². The van der Waals surface area contributed by atoms with E-state index in [1.165, 1.54) is 13.2 Å². The fourth-order valence-electron chi connectivity index (χ4n) is 2.82. The molecule has 3 N–H and O–H groups in total. The van der Waals surface area contributed by atoms with Gasteiger partial charge in [0.2, 0.25) is 15.9 Å². The number of amides is 1. The smallest absolute Gasteiger partial charge is 0.244 e. The third kappa shape index (κ3) is 5.31. The molecule has 2 fully saturated rings. The summed E-state index contributed by atoms with van der Waals surface area (Å²) in [6.45, 7) is 0.940. The van der Waals surface area contributed by atoms with E-state index in [4.69, 9.17) is 4.74 Å². The van der Waals surface area contributed by atoms with Crippen molar-refractivity contribution in [1.82, 2.24) is 10.0 Å². The number of carbonyl (C=O) groups is 1. The van der Waals surface area contributed by atoms with Crippen molar-refractivity contribution in [2.45, 2.75) is 49.1 Å². The highest BCUT2D eigenvalue weighted by Gasteiger charge is 2.30. The monoisotopic (exact) mass is 389 g/mol. The summed E-state index contributed by atoms with van der Waals surface area (Å²) in [7, 11) is -2.23. The van der Waals surface area contributed by atoms with E-state index in [1.54, 1.807) is 12.1 Å². The Morgan fingerprint density at radius 2 is 2.08 bits per heavy atom. The lowest BCUT2D eigenvalue weighted by molar-refractivity contribution is -0.116. The number of hydrogen-bond acceptors (Lipinski definition) is 5. The van der Waals surface area contributed by atoms with Crippen LogP contribution in [0.1, 0.15) is 32.1 Å². The molecule has 1 atom stereocenters. The second-order valence-corrected chi connectivity index (χ2v) is 7.99. The maximum absolute atomic E-state index is 12.5. The second kappa shape index (κ2) is 8.35. The molecule has 0 radical (unpaired) electrons. The number of ether oxygens (including phenoxy) is 1. The zero-order valence-electron chi connectivity index (χ0n) is 14.1. The van der Waals surface area contributed by atoms with Crippen LogP contribution in [0, 0.1) is 0 Å². The maximum Gasteiger partial charge on any atom is 0.244 e. The minimum atomic E-state index is -3.66. The van der Waals surface area contributed by atoms with E-state index in [1.807, 2.05) is 0 Å². The second-order valence-electron chi connectivity index (χ2n) is 6.31. The molecule has 7 nitrogen and oxygen atoms in total. The third-order valence-corrected chi connectivity index (χ3v) is 5.77. The van der Waals surface area contributed by atoms with Crippen LogP contribution in [0.5, 0.6) is 5.75 Å². The molecule has 1 heterocycles. The van der Waals surface area contributed by atoms with Crippen LogP contribution in [-0.2, 0) is 14.8 Å². The lowest BCUT2D eigenvalue weighted by Crippen LogP contribution is -2.28. The quantitative estimate of drug-likeness (QED) is 0.658. The molecule has 0 bridgehead atoms. The molecule has 1 aliphatic heterocycles. The van der Waals surface area contributed by atoms with Gasteiger partial charge in [0, 0.05) is 24.2 Å². The van der Waals surface area contributed by atoms with Crippen LogP contribution in [0.2, 0.25) is 0 Å². The van der Waals surface area contributed by atoms with Crippen molar-refractivity contribution in [2.75, 3.05) is 19.0 Å². The van der Waals surface area contributed by atoms with Crippen molar-refractivity contribution < 1.29 is 17.9 Å². The van der Waals surface area contributed by atoms with Crippen molar-refractivity contribution >= 4 is 34.0 Å². The first-order valence-electron chi connectivity index (χ1n) is 8.21. The van der Waals surface area contributed by atoms with Gasteiger partial charge in [0.05, 0.1) is 7.11 Å². The zero-order valence-corrected chi connectivity index (χ0v) is 15.7. The molecule has 1 aromatic carbocycles. The molecule has 1 saturated carbocycles. The maximum atomic E-state index is 12.5. The number of hydrogen-bond donors (Lipinski definition) is 3. The number of halogens is 1. The predicted molar refractivity (Wildman–Crippen MR) is 97.9 cm³/mol. The number of rotatable bonds is 7. The lowest BCUT2D eigenvalue weighted by Gasteiger charge is -2.14. The van der Waals surface area contributed by atoms with Crippen LogP contribution in [0.4, 0.5) is 5.69 Å². The van der Waals surface area contributed by atoms with Gasteiger partial charge in [-0.1, -0.05) is 0 Å². The molecule has 1 aromatic rings. The van der Waals surface area contributed by atoms with Crippen LogP contribution in [0.15, 0.2) is 23.1 Å². The lowest BCUT2D eigenvalue weighted by atomic mass is 10.1. The first kappa shape index (κ1) is 20.0. The summed E-state index contributed by atoms with van der Waals surface area (Å²) in [6.07, 6.45) is 4.16. The summed E-state index contributed by atoms with van der Waals surface area (Å²) in [5.74, 6) is 0.136. The molecule has 3 rings (SSSR count). The topological polar surface area (TPSA) is 96.5 Å².